The zero-order chi connectivity index (χ0) is 4.57. The van der Waals surface area contributed by atoms with Gasteiger partial charge in [0.25, 0.3) is 0 Å². The van der Waals surface area contributed by atoms with Gasteiger partial charge in [-0.05, 0) is 14.0 Å². The van der Waals surface area contributed by atoms with Crippen molar-refractivity contribution in [2.45, 2.75) is 19.3 Å². The quantitative estimate of drug-likeness (QED) is 0.453. The summed E-state index contributed by atoms with van der Waals surface area (Å²) < 4.78 is 4.95. The second kappa shape index (κ2) is 1.21. The molecule has 0 radical (unpaired) electrons. The topological polar surface area (TPSA) is 24.6 Å². The lowest BCUT2D eigenvalue weighted by molar-refractivity contribution is 0.361. The summed E-state index contributed by atoms with van der Waals surface area (Å²) in [5.41, 5.74) is 0. The molecule has 2 atom stereocenters. The molecule has 0 unspecified atom stereocenters. The molecule has 1 aliphatic heterocycles. The number of hydrogen-bond donors (Lipinski definition) is 1. The standard InChI is InChI=1S/C4H9NO/c1-3-4(5-2)6-3/h3-5H,1-2H3/t3-,4+/m1/s1. The number of likely N-dealkylation sites (N-methyl/N-ethyl adjacent to an activating group) is 1. The van der Waals surface area contributed by atoms with Crippen LogP contribution in [0.1, 0.15) is 6.92 Å². The zero-order valence-electron chi connectivity index (χ0n) is 4.06. The summed E-state index contributed by atoms with van der Waals surface area (Å²) >= 11 is 0. The lowest BCUT2D eigenvalue weighted by Gasteiger charge is -1.79. The van der Waals surface area contributed by atoms with Crippen LogP contribution in [0.4, 0.5) is 0 Å². The Morgan fingerprint density at radius 2 is 2.17 bits per heavy atom. The predicted molar refractivity (Wildman–Crippen MR) is 23.4 cm³/mol. The summed E-state index contributed by atoms with van der Waals surface area (Å²) in [6.45, 7) is 2.04. The summed E-state index contributed by atoms with van der Waals surface area (Å²) in [6.07, 6.45) is 0.806. The number of hydrogen-bond acceptors (Lipinski definition) is 2. The van der Waals surface area contributed by atoms with Gasteiger partial charge in [0, 0.05) is 0 Å². The Hall–Kier alpha value is -0.0800. The van der Waals surface area contributed by atoms with Crippen molar-refractivity contribution in [2.24, 2.45) is 0 Å². The van der Waals surface area contributed by atoms with Gasteiger partial charge in [-0.3, -0.25) is 5.32 Å². The van der Waals surface area contributed by atoms with E-state index in [1.54, 1.807) is 0 Å². The normalized spacial score (nSPS) is 43.0. The molecular weight excluding hydrogens is 78.0 g/mol. The van der Waals surface area contributed by atoms with Gasteiger partial charge in [-0.1, -0.05) is 0 Å². The maximum Gasteiger partial charge on any atom is 0.134 e. The molecule has 36 valence electrons. The highest BCUT2D eigenvalue weighted by molar-refractivity contribution is 4.74. The third kappa shape index (κ3) is 0.533. The molecule has 0 saturated carbocycles. The first-order valence-corrected chi connectivity index (χ1v) is 2.17. The van der Waals surface area contributed by atoms with Gasteiger partial charge in [0.1, 0.15) is 6.23 Å². The first-order chi connectivity index (χ1) is 2.84. The van der Waals surface area contributed by atoms with Crippen LogP contribution in [0.5, 0.6) is 0 Å². The molecule has 0 bridgehead atoms. The lowest BCUT2D eigenvalue weighted by Crippen LogP contribution is -2.11. The first-order valence-electron chi connectivity index (χ1n) is 2.17. The Kier molecular flexibility index (Phi) is 0.821. The Bertz CT molecular complexity index is 53.5. The molecule has 2 heteroatoms. The van der Waals surface area contributed by atoms with Crippen LogP contribution in [0, 0.1) is 0 Å². The number of epoxide rings is 1. The summed E-state index contributed by atoms with van der Waals surface area (Å²) in [6, 6.07) is 0. The molecule has 1 rings (SSSR count). The van der Waals surface area contributed by atoms with Crippen LogP contribution in [0.15, 0.2) is 0 Å². The maximum atomic E-state index is 4.95. The molecule has 0 aromatic rings. The summed E-state index contributed by atoms with van der Waals surface area (Å²) in [5.74, 6) is 0. The van der Waals surface area contributed by atoms with Crippen LogP contribution >= 0.6 is 0 Å². The van der Waals surface area contributed by atoms with Gasteiger partial charge < -0.3 is 4.74 Å². The Morgan fingerprint density at radius 1 is 1.67 bits per heavy atom. The molecule has 1 fully saturated rings. The van der Waals surface area contributed by atoms with Crippen molar-refractivity contribution in [3.63, 3.8) is 0 Å². The fourth-order valence-corrected chi connectivity index (χ4v) is 0.489. The summed E-state index contributed by atoms with van der Waals surface area (Å²) in [4.78, 5) is 0. The fourth-order valence-electron chi connectivity index (χ4n) is 0.489. The van der Waals surface area contributed by atoms with E-state index >= 15 is 0 Å². The molecule has 1 aliphatic rings. The molecule has 1 N–H and O–H groups in total. The minimum Gasteiger partial charge on any atom is -0.354 e. The molecule has 0 aromatic carbocycles. The number of nitrogens with one attached hydrogen (secondary N) is 1. The van der Waals surface area contributed by atoms with Gasteiger partial charge in [-0.2, -0.15) is 0 Å². The molecule has 0 aromatic heterocycles. The highest BCUT2D eigenvalue weighted by Gasteiger charge is 2.31. The van der Waals surface area contributed by atoms with Crippen molar-refractivity contribution in [1.82, 2.24) is 5.32 Å². The van der Waals surface area contributed by atoms with E-state index in [4.69, 9.17) is 4.74 Å². The van der Waals surface area contributed by atoms with Crippen molar-refractivity contribution in [2.75, 3.05) is 7.05 Å². The van der Waals surface area contributed by atoms with Gasteiger partial charge in [0.05, 0.1) is 6.10 Å². The average molecular weight is 87.1 g/mol. The molecule has 1 heterocycles. The van der Waals surface area contributed by atoms with Crippen molar-refractivity contribution in [1.29, 1.82) is 0 Å². The smallest absolute Gasteiger partial charge is 0.134 e. The second-order valence-electron chi connectivity index (χ2n) is 1.55. The van der Waals surface area contributed by atoms with E-state index in [0.29, 0.717) is 12.3 Å². The zero-order valence-corrected chi connectivity index (χ0v) is 4.06. The van der Waals surface area contributed by atoms with Crippen LogP contribution in [0.3, 0.4) is 0 Å². The van der Waals surface area contributed by atoms with Crippen LogP contribution in [0.25, 0.3) is 0 Å². The molecule has 2 nitrogen and oxygen atoms in total. The largest absolute Gasteiger partial charge is 0.354 e. The third-order valence-corrected chi connectivity index (χ3v) is 0.996. The van der Waals surface area contributed by atoms with E-state index < -0.39 is 0 Å². The monoisotopic (exact) mass is 87.1 g/mol. The average Bonchev–Trinajstić information content (AvgIpc) is 2.19. The highest BCUT2D eigenvalue weighted by Crippen LogP contribution is 2.15. The van der Waals surface area contributed by atoms with E-state index in [9.17, 15) is 0 Å². The molecule has 0 spiro atoms. The van der Waals surface area contributed by atoms with Crippen LogP contribution < -0.4 is 5.32 Å². The van der Waals surface area contributed by atoms with Crippen molar-refractivity contribution < 1.29 is 4.74 Å². The minimum absolute atomic E-state index is 0.352. The van der Waals surface area contributed by atoms with Crippen molar-refractivity contribution >= 4 is 0 Å². The highest BCUT2D eigenvalue weighted by atomic mass is 16.6. The molecule has 0 amide bonds. The lowest BCUT2D eigenvalue weighted by atomic mass is 10.5. The Balaban J connectivity index is 2.09. The van der Waals surface area contributed by atoms with Crippen molar-refractivity contribution in [3.05, 3.63) is 0 Å². The third-order valence-electron chi connectivity index (χ3n) is 0.996. The Labute approximate surface area is 37.5 Å². The number of rotatable bonds is 1. The Morgan fingerprint density at radius 3 is 2.17 bits per heavy atom. The van der Waals surface area contributed by atoms with Gasteiger partial charge in [0.2, 0.25) is 0 Å². The fraction of sp³-hybridized carbons (Fsp3) is 1.00. The summed E-state index contributed by atoms with van der Waals surface area (Å²) in [5, 5.41) is 2.97. The van der Waals surface area contributed by atoms with E-state index in [-0.39, 0.29) is 0 Å². The molecule has 6 heavy (non-hydrogen) atoms. The SMILES string of the molecule is CN[C@H]1O[C@@H]1C. The van der Waals surface area contributed by atoms with Crippen LogP contribution in [-0.2, 0) is 4.74 Å². The van der Waals surface area contributed by atoms with Crippen LogP contribution in [0.2, 0.25) is 0 Å². The maximum absolute atomic E-state index is 4.95. The van der Waals surface area contributed by atoms with E-state index in [2.05, 4.69) is 5.32 Å². The van der Waals surface area contributed by atoms with Gasteiger partial charge in [-0.25, -0.2) is 0 Å². The van der Waals surface area contributed by atoms with Gasteiger partial charge in [0.15, 0.2) is 0 Å². The molecule has 0 aliphatic carbocycles. The number of ether oxygens (including phenoxy) is 1. The second-order valence-corrected chi connectivity index (χ2v) is 1.55. The minimum atomic E-state index is 0.352. The van der Waals surface area contributed by atoms with E-state index in [1.165, 1.54) is 0 Å². The first kappa shape index (κ1) is 4.09. The van der Waals surface area contributed by atoms with Crippen LogP contribution in [-0.4, -0.2) is 19.4 Å². The molecule has 1 saturated heterocycles. The predicted octanol–water partition coefficient (Wildman–Crippen LogP) is -0.0494. The van der Waals surface area contributed by atoms with Crippen molar-refractivity contribution in [3.8, 4) is 0 Å². The van der Waals surface area contributed by atoms with E-state index in [0.717, 1.165) is 0 Å². The van der Waals surface area contributed by atoms with E-state index in [1.807, 2.05) is 14.0 Å². The molecular formula is C4H9NO. The van der Waals surface area contributed by atoms with Gasteiger partial charge in [-0.15, -0.1) is 0 Å². The van der Waals surface area contributed by atoms with Gasteiger partial charge >= 0.3 is 0 Å². The summed E-state index contributed by atoms with van der Waals surface area (Å²) in [7, 11) is 1.90.